The summed E-state index contributed by atoms with van der Waals surface area (Å²) >= 11 is 0. The first-order chi connectivity index (χ1) is 9.13. The van der Waals surface area contributed by atoms with Crippen molar-refractivity contribution in [2.45, 2.75) is 26.8 Å². The predicted octanol–water partition coefficient (Wildman–Crippen LogP) is 2.93. The van der Waals surface area contributed by atoms with Gasteiger partial charge in [0, 0.05) is 5.56 Å². The lowest BCUT2D eigenvalue weighted by Crippen LogP contribution is -2.24. The maximum Gasteiger partial charge on any atom is 0.128 e. The van der Waals surface area contributed by atoms with Gasteiger partial charge in [0.1, 0.15) is 5.82 Å². The smallest absolute Gasteiger partial charge is 0.128 e. The Kier molecular flexibility index (Phi) is 4.22. The summed E-state index contributed by atoms with van der Waals surface area (Å²) in [5, 5.41) is 11.5. The molecule has 0 saturated heterocycles. The molecule has 3 nitrogen and oxygen atoms in total. The van der Waals surface area contributed by atoms with Crippen LogP contribution in [0.3, 0.4) is 0 Å². The first-order valence-electron chi connectivity index (χ1n) is 6.42. The number of halogens is 1. The number of rotatable bonds is 4. The SMILES string of the molecule is CCNC(c1ccccc1F)c1cc(C)nnc1C. The first kappa shape index (κ1) is 13.6. The molecule has 1 heterocycles. The van der Waals surface area contributed by atoms with Crippen molar-refractivity contribution in [3.05, 3.63) is 58.7 Å². The molecule has 0 aliphatic heterocycles. The number of nitrogens with zero attached hydrogens (tertiary/aromatic N) is 2. The van der Waals surface area contributed by atoms with E-state index in [1.807, 2.05) is 32.9 Å². The molecule has 2 aromatic rings. The number of benzene rings is 1. The number of nitrogens with one attached hydrogen (secondary N) is 1. The summed E-state index contributed by atoms with van der Waals surface area (Å²) in [6, 6.07) is 8.60. The zero-order valence-electron chi connectivity index (χ0n) is 11.4. The van der Waals surface area contributed by atoms with Crippen molar-refractivity contribution in [2.24, 2.45) is 0 Å². The molecule has 1 N–H and O–H groups in total. The average Bonchev–Trinajstić information content (AvgIpc) is 2.40. The maximum absolute atomic E-state index is 14.0. The zero-order valence-corrected chi connectivity index (χ0v) is 11.4. The number of aromatic nitrogens is 2. The number of aryl methyl sites for hydroxylation is 2. The van der Waals surface area contributed by atoms with E-state index < -0.39 is 0 Å². The Bertz CT molecular complexity index is 569. The van der Waals surface area contributed by atoms with E-state index in [-0.39, 0.29) is 11.9 Å². The van der Waals surface area contributed by atoms with E-state index in [1.165, 1.54) is 6.07 Å². The number of hydrogen-bond donors (Lipinski definition) is 1. The fourth-order valence-electron chi connectivity index (χ4n) is 2.16. The fraction of sp³-hybridized carbons (Fsp3) is 0.333. The molecule has 1 unspecified atom stereocenters. The molecule has 4 heteroatoms. The summed E-state index contributed by atoms with van der Waals surface area (Å²) in [5.41, 5.74) is 3.26. The van der Waals surface area contributed by atoms with Gasteiger partial charge >= 0.3 is 0 Å². The molecule has 0 radical (unpaired) electrons. The van der Waals surface area contributed by atoms with E-state index >= 15 is 0 Å². The van der Waals surface area contributed by atoms with Crippen molar-refractivity contribution < 1.29 is 4.39 Å². The lowest BCUT2D eigenvalue weighted by Gasteiger charge is -2.21. The Morgan fingerprint density at radius 3 is 2.58 bits per heavy atom. The largest absolute Gasteiger partial charge is 0.306 e. The molecule has 1 aromatic heterocycles. The molecule has 1 atom stereocenters. The van der Waals surface area contributed by atoms with E-state index in [0.29, 0.717) is 5.56 Å². The van der Waals surface area contributed by atoms with Crippen LogP contribution in [0.25, 0.3) is 0 Å². The van der Waals surface area contributed by atoms with Gasteiger partial charge in [-0.3, -0.25) is 0 Å². The van der Waals surface area contributed by atoms with Gasteiger partial charge in [0.2, 0.25) is 0 Å². The van der Waals surface area contributed by atoms with Crippen LogP contribution in [-0.2, 0) is 0 Å². The third kappa shape index (κ3) is 2.96. The average molecular weight is 259 g/mol. The molecule has 0 aliphatic carbocycles. The Morgan fingerprint density at radius 2 is 1.89 bits per heavy atom. The van der Waals surface area contributed by atoms with Gasteiger partial charge in [0.05, 0.1) is 17.4 Å². The van der Waals surface area contributed by atoms with E-state index in [4.69, 9.17) is 0 Å². The van der Waals surface area contributed by atoms with Gasteiger partial charge in [0.25, 0.3) is 0 Å². The third-order valence-corrected chi connectivity index (χ3v) is 3.08. The summed E-state index contributed by atoms with van der Waals surface area (Å²) in [6.07, 6.45) is 0. The molecule has 2 rings (SSSR count). The quantitative estimate of drug-likeness (QED) is 0.917. The highest BCUT2D eigenvalue weighted by Crippen LogP contribution is 2.26. The standard InChI is InChI=1S/C15H18FN3/c1-4-17-15(12-7-5-6-8-14(12)16)13-9-10(2)18-19-11(13)3/h5-9,15,17H,4H2,1-3H3. The minimum Gasteiger partial charge on any atom is -0.306 e. The Labute approximate surface area is 112 Å². The van der Waals surface area contributed by atoms with Crippen LogP contribution in [0.2, 0.25) is 0 Å². The lowest BCUT2D eigenvalue weighted by molar-refractivity contribution is 0.555. The fourth-order valence-corrected chi connectivity index (χ4v) is 2.16. The summed E-state index contributed by atoms with van der Waals surface area (Å²) in [7, 11) is 0. The molecule has 0 fully saturated rings. The predicted molar refractivity (Wildman–Crippen MR) is 73.4 cm³/mol. The Hall–Kier alpha value is -1.81. The summed E-state index contributed by atoms with van der Waals surface area (Å²) in [5.74, 6) is -0.206. The van der Waals surface area contributed by atoms with Crippen LogP contribution in [0.5, 0.6) is 0 Å². The van der Waals surface area contributed by atoms with Crippen molar-refractivity contribution in [1.82, 2.24) is 15.5 Å². The molecule has 0 amide bonds. The summed E-state index contributed by atoms with van der Waals surface area (Å²) in [6.45, 7) is 6.54. The van der Waals surface area contributed by atoms with Crippen molar-refractivity contribution in [1.29, 1.82) is 0 Å². The second kappa shape index (κ2) is 5.89. The van der Waals surface area contributed by atoms with E-state index in [0.717, 1.165) is 23.5 Å². The normalized spacial score (nSPS) is 12.4. The molecule has 1 aromatic carbocycles. The van der Waals surface area contributed by atoms with E-state index in [2.05, 4.69) is 15.5 Å². The highest BCUT2D eigenvalue weighted by molar-refractivity contribution is 5.35. The van der Waals surface area contributed by atoms with Gasteiger partial charge in [-0.25, -0.2) is 4.39 Å². The van der Waals surface area contributed by atoms with Gasteiger partial charge in [-0.2, -0.15) is 10.2 Å². The molecule has 19 heavy (non-hydrogen) atoms. The molecule has 0 spiro atoms. The Balaban J connectivity index is 2.51. The second-order valence-corrected chi connectivity index (χ2v) is 4.54. The van der Waals surface area contributed by atoms with Crippen LogP contribution in [0.4, 0.5) is 4.39 Å². The van der Waals surface area contributed by atoms with E-state index in [1.54, 1.807) is 12.1 Å². The topological polar surface area (TPSA) is 37.8 Å². The van der Waals surface area contributed by atoms with Gasteiger partial charge in [-0.15, -0.1) is 0 Å². The molecular weight excluding hydrogens is 241 g/mol. The molecule has 0 aliphatic rings. The molecule has 0 saturated carbocycles. The van der Waals surface area contributed by atoms with Crippen molar-refractivity contribution in [2.75, 3.05) is 6.54 Å². The molecule has 100 valence electrons. The minimum absolute atomic E-state index is 0.194. The van der Waals surface area contributed by atoms with Crippen LogP contribution >= 0.6 is 0 Å². The maximum atomic E-state index is 14.0. The molecular formula is C15H18FN3. The van der Waals surface area contributed by atoms with Crippen molar-refractivity contribution >= 4 is 0 Å². The van der Waals surface area contributed by atoms with Crippen LogP contribution in [0.1, 0.15) is 35.5 Å². The van der Waals surface area contributed by atoms with Crippen molar-refractivity contribution in [3.8, 4) is 0 Å². The van der Waals surface area contributed by atoms with Crippen LogP contribution < -0.4 is 5.32 Å². The van der Waals surface area contributed by atoms with Gasteiger partial charge in [-0.1, -0.05) is 25.1 Å². The van der Waals surface area contributed by atoms with Crippen LogP contribution in [-0.4, -0.2) is 16.7 Å². The van der Waals surface area contributed by atoms with Crippen molar-refractivity contribution in [3.63, 3.8) is 0 Å². The van der Waals surface area contributed by atoms with Gasteiger partial charge in [-0.05, 0) is 38.1 Å². The van der Waals surface area contributed by atoms with Crippen LogP contribution in [0, 0.1) is 19.7 Å². The highest BCUT2D eigenvalue weighted by atomic mass is 19.1. The lowest BCUT2D eigenvalue weighted by atomic mass is 9.97. The Morgan fingerprint density at radius 1 is 1.16 bits per heavy atom. The van der Waals surface area contributed by atoms with Gasteiger partial charge in [0.15, 0.2) is 0 Å². The zero-order chi connectivity index (χ0) is 13.8. The summed E-state index contributed by atoms with van der Waals surface area (Å²) in [4.78, 5) is 0. The van der Waals surface area contributed by atoms with Gasteiger partial charge < -0.3 is 5.32 Å². The third-order valence-electron chi connectivity index (χ3n) is 3.08. The summed E-state index contributed by atoms with van der Waals surface area (Å²) < 4.78 is 14.0. The highest BCUT2D eigenvalue weighted by Gasteiger charge is 2.19. The molecule has 0 bridgehead atoms. The minimum atomic E-state index is -0.206. The second-order valence-electron chi connectivity index (χ2n) is 4.54. The van der Waals surface area contributed by atoms with E-state index in [9.17, 15) is 4.39 Å². The van der Waals surface area contributed by atoms with Crippen LogP contribution in [0.15, 0.2) is 30.3 Å². The number of hydrogen-bond acceptors (Lipinski definition) is 3. The first-order valence-corrected chi connectivity index (χ1v) is 6.42. The monoisotopic (exact) mass is 259 g/mol.